The minimum Gasteiger partial charge on any atom is -0.468 e. The SMILES string of the molecule is COC(=O)Cn1c(=NC(=O)c2ccc(C(=O)OC)cc2)sc2cc(C(C)C)ccc21. The normalized spacial score (nSPS) is 11.7. The van der Waals surface area contributed by atoms with Gasteiger partial charge < -0.3 is 14.0 Å². The number of benzene rings is 2. The van der Waals surface area contributed by atoms with Crippen LogP contribution in [0.25, 0.3) is 10.2 Å². The first kappa shape index (κ1) is 21.4. The third-order valence-electron chi connectivity index (χ3n) is 4.64. The summed E-state index contributed by atoms with van der Waals surface area (Å²) in [4.78, 5) is 40.8. The smallest absolute Gasteiger partial charge is 0.337 e. The van der Waals surface area contributed by atoms with E-state index < -0.39 is 17.8 Å². The van der Waals surface area contributed by atoms with Gasteiger partial charge in [-0.1, -0.05) is 31.3 Å². The molecular formula is C22H22N2O5S. The number of esters is 2. The molecule has 1 heterocycles. The highest BCUT2D eigenvalue weighted by Crippen LogP contribution is 2.23. The minimum absolute atomic E-state index is 0.0507. The van der Waals surface area contributed by atoms with Gasteiger partial charge >= 0.3 is 11.9 Å². The summed E-state index contributed by atoms with van der Waals surface area (Å²) in [5, 5.41) is 0. The summed E-state index contributed by atoms with van der Waals surface area (Å²) in [7, 11) is 2.61. The van der Waals surface area contributed by atoms with Crippen LogP contribution < -0.4 is 4.80 Å². The third-order valence-corrected chi connectivity index (χ3v) is 5.68. The molecule has 7 nitrogen and oxygen atoms in total. The summed E-state index contributed by atoms with van der Waals surface area (Å²) in [6.45, 7) is 4.15. The molecule has 30 heavy (non-hydrogen) atoms. The van der Waals surface area contributed by atoms with Gasteiger partial charge in [0, 0.05) is 5.56 Å². The molecule has 3 aromatic rings. The molecule has 0 atom stereocenters. The lowest BCUT2D eigenvalue weighted by molar-refractivity contribution is -0.141. The highest BCUT2D eigenvalue weighted by atomic mass is 32.1. The van der Waals surface area contributed by atoms with Gasteiger partial charge in [-0.2, -0.15) is 4.99 Å². The van der Waals surface area contributed by atoms with Gasteiger partial charge in [-0.05, 0) is 47.9 Å². The Hall–Kier alpha value is -3.26. The van der Waals surface area contributed by atoms with Crippen molar-refractivity contribution >= 4 is 39.4 Å². The highest BCUT2D eigenvalue weighted by molar-refractivity contribution is 7.16. The van der Waals surface area contributed by atoms with Crippen LogP contribution in [0.15, 0.2) is 47.5 Å². The van der Waals surface area contributed by atoms with Crippen molar-refractivity contribution in [3.63, 3.8) is 0 Å². The van der Waals surface area contributed by atoms with Crippen molar-refractivity contribution in [3.8, 4) is 0 Å². The van der Waals surface area contributed by atoms with Gasteiger partial charge in [0.05, 0.1) is 30.0 Å². The molecule has 0 aliphatic rings. The molecule has 0 aliphatic carbocycles. The quantitative estimate of drug-likeness (QED) is 0.583. The van der Waals surface area contributed by atoms with Crippen molar-refractivity contribution in [2.45, 2.75) is 26.3 Å². The van der Waals surface area contributed by atoms with Crippen LogP contribution >= 0.6 is 11.3 Å². The fourth-order valence-electron chi connectivity index (χ4n) is 2.90. The van der Waals surface area contributed by atoms with Crippen LogP contribution in [-0.4, -0.2) is 36.6 Å². The maximum absolute atomic E-state index is 12.7. The standard InChI is InChI=1S/C22H22N2O5S/c1-13(2)16-9-10-17-18(11-16)30-22(24(17)12-19(25)28-3)23-20(26)14-5-7-15(8-6-14)21(27)29-4/h5-11,13H,12H2,1-4H3. The zero-order valence-corrected chi connectivity index (χ0v) is 18.0. The number of methoxy groups -OCH3 is 2. The Morgan fingerprint density at radius 3 is 2.27 bits per heavy atom. The molecule has 3 rings (SSSR count). The van der Waals surface area contributed by atoms with Crippen molar-refractivity contribution < 1.29 is 23.9 Å². The Morgan fingerprint density at radius 1 is 1.00 bits per heavy atom. The first-order valence-corrected chi connectivity index (χ1v) is 10.1. The Balaban J connectivity index is 2.06. The summed E-state index contributed by atoms with van der Waals surface area (Å²) < 4.78 is 12.1. The van der Waals surface area contributed by atoms with E-state index in [9.17, 15) is 14.4 Å². The van der Waals surface area contributed by atoms with E-state index >= 15 is 0 Å². The average molecular weight is 426 g/mol. The lowest BCUT2D eigenvalue weighted by Crippen LogP contribution is -2.22. The van der Waals surface area contributed by atoms with E-state index in [-0.39, 0.29) is 6.54 Å². The number of thiazole rings is 1. The molecule has 0 bridgehead atoms. The maximum atomic E-state index is 12.7. The largest absolute Gasteiger partial charge is 0.468 e. The van der Waals surface area contributed by atoms with E-state index in [4.69, 9.17) is 4.74 Å². The summed E-state index contributed by atoms with van der Waals surface area (Å²) >= 11 is 1.34. The van der Waals surface area contributed by atoms with Gasteiger partial charge in [-0.15, -0.1) is 0 Å². The van der Waals surface area contributed by atoms with Gasteiger partial charge in [-0.3, -0.25) is 9.59 Å². The second-order valence-electron chi connectivity index (χ2n) is 6.91. The number of fused-ring (bicyclic) bond motifs is 1. The molecule has 8 heteroatoms. The zero-order valence-electron chi connectivity index (χ0n) is 17.2. The van der Waals surface area contributed by atoms with E-state index in [0.29, 0.717) is 21.8 Å². The Morgan fingerprint density at radius 2 is 1.67 bits per heavy atom. The lowest BCUT2D eigenvalue weighted by Gasteiger charge is -2.06. The highest BCUT2D eigenvalue weighted by Gasteiger charge is 2.14. The van der Waals surface area contributed by atoms with Crippen LogP contribution in [0.2, 0.25) is 0 Å². The van der Waals surface area contributed by atoms with Crippen molar-refractivity contribution in [2.75, 3.05) is 14.2 Å². The first-order valence-electron chi connectivity index (χ1n) is 9.31. The van der Waals surface area contributed by atoms with E-state index in [0.717, 1.165) is 15.8 Å². The number of amides is 1. The predicted molar refractivity (Wildman–Crippen MR) is 114 cm³/mol. The molecule has 0 radical (unpaired) electrons. The number of aromatic nitrogens is 1. The topological polar surface area (TPSA) is 87.0 Å². The second-order valence-corrected chi connectivity index (χ2v) is 7.92. The number of carbonyl (C=O) groups is 3. The predicted octanol–water partition coefficient (Wildman–Crippen LogP) is 3.53. The Labute approximate surface area is 177 Å². The molecule has 0 saturated carbocycles. The van der Waals surface area contributed by atoms with Gasteiger partial charge in [0.15, 0.2) is 4.80 Å². The molecule has 1 amide bonds. The van der Waals surface area contributed by atoms with Crippen molar-refractivity contribution in [1.82, 2.24) is 4.57 Å². The van der Waals surface area contributed by atoms with E-state index in [1.807, 2.05) is 18.2 Å². The zero-order chi connectivity index (χ0) is 21.8. The van der Waals surface area contributed by atoms with Crippen LogP contribution in [0.5, 0.6) is 0 Å². The average Bonchev–Trinajstić information content (AvgIpc) is 3.08. The molecule has 0 unspecified atom stereocenters. The Kier molecular flexibility index (Phi) is 6.47. The molecule has 0 saturated heterocycles. The number of rotatable bonds is 5. The van der Waals surface area contributed by atoms with Gasteiger partial charge in [0.25, 0.3) is 5.91 Å². The van der Waals surface area contributed by atoms with Crippen molar-refractivity contribution in [1.29, 1.82) is 0 Å². The van der Waals surface area contributed by atoms with Crippen LogP contribution in [-0.2, 0) is 20.8 Å². The summed E-state index contributed by atoms with van der Waals surface area (Å²) in [5.41, 5.74) is 2.64. The molecule has 2 aromatic carbocycles. The van der Waals surface area contributed by atoms with E-state index in [1.165, 1.54) is 49.8 Å². The molecule has 0 N–H and O–H groups in total. The molecule has 0 spiro atoms. The Bertz CT molecular complexity index is 1170. The third kappa shape index (κ3) is 4.49. The number of hydrogen-bond donors (Lipinski definition) is 0. The summed E-state index contributed by atoms with van der Waals surface area (Å²) in [6.07, 6.45) is 0. The van der Waals surface area contributed by atoms with E-state index in [1.54, 1.807) is 4.57 Å². The number of carbonyl (C=O) groups excluding carboxylic acids is 3. The van der Waals surface area contributed by atoms with Crippen LogP contribution in [0.3, 0.4) is 0 Å². The van der Waals surface area contributed by atoms with E-state index in [2.05, 4.69) is 23.6 Å². The first-order chi connectivity index (χ1) is 14.3. The van der Waals surface area contributed by atoms with Gasteiger partial charge in [0.1, 0.15) is 6.54 Å². The van der Waals surface area contributed by atoms with Gasteiger partial charge in [0.2, 0.25) is 0 Å². The fraction of sp³-hybridized carbons (Fsp3) is 0.273. The molecule has 0 fully saturated rings. The molecular weight excluding hydrogens is 404 g/mol. The van der Waals surface area contributed by atoms with Crippen LogP contribution in [0.4, 0.5) is 0 Å². The minimum atomic E-state index is -0.479. The molecule has 156 valence electrons. The summed E-state index contributed by atoms with van der Waals surface area (Å²) in [6, 6.07) is 12.0. The number of ether oxygens (including phenoxy) is 2. The molecule has 0 aliphatic heterocycles. The fourth-order valence-corrected chi connectivity index (χ4v) is 3.97. The maximum Gasteiger partial charge on any atom is 0.337 e. The lowest BCUT2D eigenvalue weighted by atomic mass is 10.0. The van der Waals surface area contributed by atoms with Crippen LogP contribution in [0, 0.1) is 0 Å². The second kappa shape index (κ2) is 9.04. The van der Waals surface area contributed by atoms with Crippen molar-refractivity contribution in [3.05, 3.63) is 64.0 Å². The summed E-state index contributed by atoms with van der Waals surface area (Å²) in [5.74, 6) is -1.03. The van der Waals surface area contributed by atoms with Crippen LogP contribution in [0.1, 0.15) is 46.0 Å². The monoisotopic (exact) mass is 426 g/mol. The van der Waals surface area contributed by atoms with Crippen molar-refractivity contribution in [2.24, 2.45) is 4.99 Å². The molecule has 1 aromatic heterocycles. The number of hydrogen-bond acceptors (Lipinski definition) is 6. The van der Waals surface area contributed by atoms with Gasteiger partial charge in [-0.25, -0.2) is 4.79 Å². The number of nitrogens with zero attached hydrogens (tertiary/aromatic N) is 2.